The molecule has 3 rings (SSSR count). The molecule has 1 atom stereocenters. The van der Waals surface area contributed by atoms with Gasteiger partial charge < -0.3 is 25.2 Å². The van der Waals surface area contributed by atoms with Crippen molar-refractivity contribution >= 4 is 29.1 Å². The predicted octanol–water partition coefficient (Wildman–Crippen LogP) is 4.11. The van der Waals surface area contributed by atoms with Crippen LogP contribution >= 0.6 is 23.2 Å². The second kappa shape index (κ2) is 12.4. The topological polar surface area (TPSA) is 79.8 Å². The fourth-order valence-electron chi connectivity index (χ4n) is 3.55. The highest BCUT2D eigenvalue weighted by Gasteiger charge is 2.23. The first-order chi connectivity index (χ1) is 15.8. The normalized spacial score (nSPS) is 19.1. The van der Waals surface area contributed by atoms with E-state index in [0.717, 1.165) is 31.7 Å². The third-order valence-corrected chi connectivity index (χ3v) is 5.94. The molecule has 3 N–H and O–H groups in total. The molecule has 0 spiro atoms. The highest BCUT2D eigenvalue weighted by atomic mass is 35.5. The number of carbonyl (C=O) groups is 1. The van der Waals surface area contributed by atoms with Crippen LogP contribution in [0.2, 0.25) is 10.0 Å². The zero-order valence-electron chi connectivity index (χ0n) is 17.8. The number of ether oxygens (including phenoxy) is 2. The second-order valence-corrected chi connectivity index (χ2v) is 8.74. The number of benzene rings is 2. The summed E-state index contributed by atoms with van der Waals surface area (Å²) >= 11 is 11.3. The maximum atomic E-state index is 13.4. The summed E-state index contributed by atoms with van der Waals surface area (Å²) in [5, 5.41) is 16.3. The summed E-state index contributed by atoms with van der Waals surface area (Å²) in [5.41, 5.74) is 0. The first kappa shape index (κ1) is 25.5. The summed E-state index contributed by atoms with van der Waals surface area (Å²) in [4.78, 5) is 12.1. The van der Waals surface area contributed by atoms with Crippen molar-refractivity contribution in [2.75, 3.05) is 19.8 Å². The lowest BCUT2D eigenvalue weighted by molar-refractivity contribution is -0.124. The van der Waals surface area contributed by atoms with Crippen molar-refractivity contribution < 1.29 is 28.2 Å². The van der Waals surface area contributed by atoms with Gasteiger partial charge in [0, 0.05) is 30.8 Å². The fraction of sp³-hybridized carbons (Fsp3) is 0.435. The average Bonchev–Trinajstić information content (AvgIpc) is 2.80. The van der Waals surface area contributed by atoms with Gasteiger partial charge in [-0.3, -0.25) is 4.79 Å². The van der Waals surface area contributed by atoms with Gasteiger partial charge in [0.25, 0.3) is 5.91 Å². The summed E-state index contributed by atoms with van der Waals surface area (Å²) in [6, 6.07) is 8.39. The molecule has 6 nitrogen and oxygen atoms in total. The molecule has 0 bridgehead atoms. The molecule has 180 valence electrons. The molecule has 0 heterocycles. The van der Waals surface area contributed by atoms with E-state index in [1.165, 1.54) is 24.3 Å². The molecule has 1 saturated carbocycles. The van der Waals surface area contributed by atoms with Crippen LogP contribution in [-0.4, -0.2) is 49.0 Å². The van der Waals surface area contributed by atoms with Gasteiger partial charge in [-0.2, -0.15) is 0 Å². The number of carbonyl (C=O) groups excluding carboxylic acids is 1. The molecule has 1 amide bonds. The maximum Gasteiger partial charge on any atom is 0.258 e. The monoisotopic (exact) mass is 502 g/mol. The maximum absolute atomic E-state index is 13.4. The van der Waals surface area contributed by atoms with Gasteiger partial charge in [0.15, 0.2) is 6.61 Å². The Bertz CT molecular complexity index is 943. The van der Waals surface area contributed by atoms with Gasteiger partial charge in [-0.25, -0.2) is 8.78 Å². The lowest BCUT2D eigenvalue weighted by Gasteiger charge is -2.30. The number of aliphatic hydroxyl groups is 1. The smallest absolute Gasteiger partial charge is 0.258 e. The Kier molecular flexibility index (Phi) is 9.55. The van der Waals surface area contributed by atoms with Gasteiger partial charge in [-0.05, 0) is 49.9 Å². The molecule has 33 heavy (non-hydrogen) atoms. The third-order valence-electron chi connectivity index (χ3n) is 5.33. The number of nitrogens with one attached hydrogen (secondary N) is 2. The van der Waals surface area contributed by atoms with E-state index in [4.69, 9.17) is 32.7 Å². The van der Waals surface area contributed by atoms with Gasteiger partial charge >= 0.3 is 0 Å². The number of hydrogen-bond acceptors (Lipinski definition) is 5. The van der Waals surface area contributed by atoms with E-state index in [0.29, 0.717) is 12.3 Å². The molecule has 1 aliphatic carbocycles. The molecular formula is C23H26Cl2F2N2O4. The van der Waals surface area contributed by atoms with Crippen LogP contribution in [0.5, 0.6) is 11.5 Å². The molecule has 1 aliphatic rings. The fourth-order valence-corrected chi connectivity index (χ4v) is 3.78. The summed E-state index contributed by atoms with van der Waals surface area (Å²) in [6.07, 6.45) is 2.50. The van der Waals surface area contributed by atoms with E-state index in [1.807, 2.05) is 0 Å². The summed E-state index contributed by atoms with van der Waals surface area (Å²) in [5.74, 6) is -0.902. The van der Waals surface area contributed by atoms with Crippen molar-refractivity contribution in [3.63, 3.8) is 0 Å². The van der Waals surface area contributed by atoms with Crippen molar-refractivity contribution in [3.05, 3.63) is 58.1 Å². The van der Waals surface area contributed by atoms with E-state index in [-0.39, 0.29) is 47.0 Å². The second-order valence-electron chi connectivity index (χ2n) is 7.93. The molecule has 2 aromatic carbocycles. The molecule has 1 fully saturated rings. The van der Waals surface area contributed by atoms with Crippen LogP contribution in [0.15, 0.2) is 36.4 Å². The van der Waals surface area contributed by atoms with Crippen LogP contribution in [0.4, 0.5) is 8.78 Å². The van der Waals surface area contributed by atoms with Crippen LogP contribution in [-0.2, 0) is 4.79 Å². The highest BCUT2D eigenvalue weighted by molar-refractivity contribution is 6.31. The first-order valence-corrected chi connectivity index (χ1v) is 11.4. The van der Waals surface area contributed by atoms with Crippen LogP contribution in [0.3, 0.4) is 0 Å². The lowest BCUT2D eigenvalue weighted by atomic mass is 9.91. The molecular weight excluding hydrogens is 477 g/mol. The number of rotatable bonds is 10. The zero-order valence-corrected chi connectivity index (χ0v) is 19.3. The molecule has 0 unspecified atom stereocenters. The van der Waals surface area contributed by atoms with Crippen molar-refractivity contribution in [2.24, 2.45) is 0 Å². The van der Waals surface area contributed by atoms with Gasteiger partial charge in [0.2, 0.25) is 0 Å². The van der Waals surface area contributed by atoms with Gasteiger partial charge in [-0.1, -0.05) is 23.2 Å². The molecule has 0 aliphatic heterocycles. The Labute approximate surface area is 201 Å². The van der Waals surface area contributed by atoms with E-state index in [9.17, 15) is 18.7 Å². The number of hydrogen-bond donors (Lipinski definition) is 3. The van der Waals surface area contributed by atoms with Crippen molar-refractivity contribution in [3.8, 4) is 11.5 Å². The predicted molar refractivity (Wildman–Crippen MR) is 122 cm³/mol. The first-order valence-electron chi connectivity index (χ1n) is 10.7. The Balaban J connectivity index is 1.29. The standard InChI is InChI=1S/C23H26Cl2F2N2O4/c24-19-7-5-17(9-21(19)26)32-12-16(30)11-28-14-1-3-15(4-2-14)29-23(31)13-33-18-6-8-20(25)22(27)10-18/h5-10,14-16,28,30H,1-4,11-13H2,(H,29,31)/t14-,15-,16-/m1/s1. The van der Waals surface area contributed by atoms with Crippen LogP contribution in [0.1, 0.15) is 25.7 Å². The minimum Gasteiger partial charge on any atom is -0.491 e. The molecule has 0 radical (unpaired) electrons. The Morgan fingerprint density at radius 3 is 2.09 bits per heavy atom. The number of amides is 1. The molecule has 10 heteroatoms. The number of aliphatic hydroxyl groups excluding tert-OH is 1. The van der Waals surface area contributed by atoms with Crippen LogP contribution in [0.25, 0.3) is 0 Å². The van der Waals surface area contributed by atoms with Crippen LogP contribution in [0, 0.1) is 11.6 Å². The van der Waals surface area contributed by atoms with E-state index in [1.54, 1.807) is 6.07 Å². The quantitative estimate of drug-likeness (QED) is 0.455. The Hall–Kier alpha value is -2.13. The Morgan fingerprint density at radius 2 is 1.52 bits per heavy atom. The van der Waals surface area contributed by atoms with Gasteiger partial charge in [0.05, 0.1) is 10.0 Å². The van der Waals surface area contributed by atoms with Crippen molar-refractivity contribution in [1.82, 2.24) is 10.6 Å². The third kappa shape index (κ3) is 8.30. The highest BCUT2D eigenvalue weighted by Crippen LogP contribution is 2.22. The summed E-state index contributed by atoms with van der Waals surface area (Å²) in [6.45, 7) is 0.156. The molecule has 0 aromatic heterocycles. The SMILES string of the molecule is O=C(COc1ccc(Cl)c(F)c1)N[C@H]1CC[C@H](NC[C@@H](O)COc2ccc(Cl)c(F)c2)CC1. The van der Waals surface area contributed by atoms with Gasteiger partial charge in [0.1, 0.15) is 35.8 Å². The number of halogens is 4. The summed E-state index contributed by atoms with van der Waals surface area (Å²) < 4.78 is 37.5. The lowest BCUT2D eigenvalue weighted by Crippen LogP contribution is -2.45. The zero-order chi connectivity index (χ0) is 23.8. The summed E-state index contributed by atoms with van der Waals surface area (Å²) in [7, 11) is 0. The van der Waals surface area contributed by atoms with Crippen molar-refractivity contribution in [1.29, 1.82) is 0 Å². The van der Waals surface area contributed by atoms with E-state index < -0.39 is 17.7 Å². The van der Waals surface area contributed by atoms with E-state index >= 15 is 0 Å². The van der Waals surface area contributed by atoms with E-state index in [2.05, 4.69) is 10.6 Å². The largest absolute Gasteiger partial charge is 0.491 e. The molecule has 2 aromatic rings. The minimum atomic E-state index is -0.754. The Morgan fingerprint density at radius 1 is 0.970 bits per heavy atom. The minimum absolute atomic E-state index is 0.00541. The van der Waals surface area contributed by atoms with Gasteiger partial charge in [-0.15, -0.1) is 0 Å². The van der Waals surface area contributed by atoms with Crippen LogP contribution < -0.4 is 20.1 Å². The average molecular weight is 503 g/mol. The molecule has 0 saturated heterocycles. The van der Waals surface area contributed by atoms with Crippen molar-refractivity contribution in [2.45, 2.75) is 43.9 Å².